The zero-order valence-electron chi connectivity index (χ0n) is 15.5. The first kappa shape index (κ1) is 18.9. The van der Waals surface area contributed by atoms with Crippen LogP contribution in [0, 0.1) is 0 Å². The highest BCUT2D eigenvalue weighted by Gasteiger charge is 2.23. The minimum Gasteiger partial charge on any atom is -0.472 e. The molecule has 3 rings (SSSR count). The van der Waals surface area contributed by atoms with Crippen molar-refractivity contribution in [3.05, 3.63) is 42.5 Å². The van der Waals surface area contributed by atoms with Crippen molar-refractivity contribution in [3.8, 4) is 0 Å². The fourth-order valence-electron chi connectivity index (χ4n) is 3.02. The van der Waals surface area contributed by atoms with Crippen molar-refractivity contribution in [1.82, 2.24) is 10.3 Å². The number of nitrogens with one attached hydrogen (secondary N) is 2. The number of carbonyl (C=O) groups is 2. The smallest absolute Gasteiger partial charge is 0.254 e. The van der Waals surface area contributed by atoms with Gasteiger partial charge < -0.3 is 24.7 Å². The monoisotopic (exact) mass is 372 g/mol. The van der Waals surface area contributed by atoms with Gasteiger partial charge in [-0.1, -0.05) is 0 Å². The number of amides is 2. The van der Waals surface area contributed by atoms with E-state index in [0.29, 0.717) is 11.3 Å². The molecule has 2 aromatic heterocycles. The van der Waals surface area contributed by atoms with Crippen molar-refractivity contribution in [2.24, 2.45) is 0 Å². The molecule has 0 saturated carbocycles. The summed E-state index contributed by atoms with van der Waals surface area (Å²) in [7, 11) is 0. The third-order valence-corrected chi connectivity index (χ3v) is 4.20. The van der Waals surface area contributed by atoms with Gasteiger partial charge >= 0.3 is 0 Å². The number of morpholine rings is 1. The van der Waals surface area contributed by atoms with Gasteiger partial charge in [-0.3, -0.25) is 9.59 Å². The second-order valence-corrected chi connectivity index (χ2v) is 6.63. The zero-order chi connectivity index (χ0) is 19.2. The van der Waals surface area contributed by atoms with E-state index in [-0.39, 0.29) is 37.0 Å². The van der Waals surface area contributed by atoms with Crippen LogP contribution < -0.4 is 15.5 Å². The standard InChI is InChI=1S/C19H24N4O4/c1-13-10-23(11-14(2)27-13)17-4-3-16(9-21-17)22-18(24)5-7-20-19(25)15-6-8-26-12-15/h3-4,6,8-9,12-14H,5,7,10-11H2,1-2H3,(H,20,25)(H,22,24)/t13-,14+. The van der Waals surface area contributed by atoms with Gasteiger partial charge in [0.15, 0.2) is 0 Å². The molecule has 2 N–H and O–H groups in total. The molecule has 1 saturated heterocycles. The van der Waals surface area contributed by atoms with Gasteiger partial charge in [0.2, 0.25) is 5.91 Å². The fourth-order valence-corrected chi connectivity index (χ4v) is 3.02. The van der Waals surface area contributed by atoms with Crippen LogP contribution in [-0.4, -0.2) is 48.6 Å². The van der Waals surface area contributed by atoms with Crippen LogP contribution in [0.25, 0.3) is 0 Å². The minimum atomic E-state index is -0.267. The van der Waals surface area contributed by atoms with Crippen LogP contribution in [0.2, 0.25) is 0 Å². The van der Waals surface area contributed by atoms with Crippen molar-refractivity contribution >= 4 is 23.3 Å². The summed E-state index contributed by atoms with van der Waals surface area (Å²) in [6.45, 7) is 5.91. The number of pyridine rings is 1. The molecule has 1 aliphatic rings. The Kier molecular flexibility index (Phi) is 6.08. The first-order valence-corrected chi connectivity index (χ1v) is 8.98. The quantitative estimate of drug-likeness (QED) is 0.806. The molecule has 2 aromatic rings. The molecule has 3 heterocycles. The van der Waals surface area contributed by atoms with Crippen LogP contribution in [0.3, 0.4) is 0 Å². The van der Waals surface area contributed by atoms with E-state index in [9.17, 15) is 9.59 Å². The highest BCUT2D eigenvalue weighted by molar-refractivity contribution is 5.94. The average Bonchev–Trinajstić information content (AvgIpc) is 3.16. The van der Waals surface area contributed by atoms with Crippen molar-refractivity contribution < 1.29 is 18.7 Å². The SMILES string of the molecule is C[C@@H]1CN(c2ccc(NC(=O)CCNC(=O)c3ccoc3)cn2)C[C@H](C)O1. The lowest BCUT2D eigenvalue weighted by Crippen LogP contribution is -2.45. The van der Waals surface area contributed by atoms with Gasteiger partial charge in [0, 0.05) is 26.1 Å². The number of anilines is 2. The Labute approximate surface area is 157 Å². The highest BCUT2D eigenvalue weighted by Crippen LogP contribution is 2.19. The van der Waals surface area contributed by atoms with Crippen LogP contribution in [0.1, 0.15) is 30.6 Å². The van der Waals surface area contributed by atoms with E-state index in [2.05, 4.69) is 20.5 Å². The average molecular weight is 372 g/mol. The van der Waals surface area contributed by atoms with E-state index in [1.807, 2.05) is 26.0 Å². The Morgan fingerprint density at radius 3 is 2.63 bits per heavy atom. The lowest BCUT2D eigenvalue weighted by Gasteiger charge is -2.36. The summed E-state index contributed by atoms with van der Waals surface area (Å²) in [6.07, 6.45) is 4.92. The van der Waals surface area contributed by atoms with E-state index in [1.165, 1.54) is 12.5 Å². The minimum absolute atomic E-state index is 0.159. The summed E-state index contributed by atoms with van der Waals surface area (Å²) in [5.74, 6) is 0.407. The maximum Gasteiger partial charge on any atom is 0.254 e. The predicted molar refractivity (Wildman–Crippen MR) is 101 cm³/mol. The summed E-state index contributed by atoms with van der Waals surface area (Å²) in [5, 5.41) is 5.45. The van der Waals surface area contributed by atoms with Gasteiger partial charge in [-0.25, -0.2) is 4.98 Å². The van der Waals surface area contributed by atoms with E-state index in [0.717, 1.165) is 18.9 Å². The Morgan fingerprint density at radius 1 is 1.22 bits per heavy atom. The van der Waals surface area contributed by atoms with E-state index in [4.69, 9.17) is 9.15 Å². The molecule has 0 bridgehead atoms. The van der Waals surface area contributed by atoms with Gasteiger partial charge in [0.25, 0.3) is 5.91 Å². The molecule has 0 aliphatic carbocycles. The molecular weight excluding hydrogens is 348 g/mol. The largest absolute Gasteiger partial charge is 0.472 e. The van der Waals surface area contributed by atoms with Gasteiger partial charge in [-0.05, 0) is 32.0 Å². The van der Waals surface area contributed by atoms with Crippen molar-refractivity contribution in [2.45, 2.75) is 32.5 Å². The summed E-state index contributed by atoms with van der Waals surface area (Å²) >= 11 is 0. The van der Waals surface area contributed by atoms with Crippen molar-refractivity contribution in [1.29, 1.82) is 0 Å². The maximum atomic E-state index is 12.0. The number of hydrogen-bond donors (Lipinski definition) is 2. The molecule has 0 aromatic carbocycles. The van der Waals surface area contributed by atoms with Gasteiger partial charge in [0.1, 0.15) is 12.1 Å². The first-order chi connectivity index (χ1) is 13.0. The zero-order valence-corrected chi connectivity index (χ0v) is 15.5. The fraction of sp³-hybridized carbons (Fsp3) is 0.421. The molecule has 8 heteroatoms. The molecule has 144 valence electrons. The van der Waals surface area contributed by atoms with Gasteiger partial charge in [0.05, 0.1) is 35.9 Å². The van der Waals surface area contributed by atoms with E-state index in [1.54, 1.807) is 12.3 Å². The van der Waals surface area contributed by atoms with Gasteiger partial charge in [-0.2, -0.15) is 0 Å². The number of carbonyl (C=O) groups excluding carboxylic acids is 2. The van der Waals surface area contributed by atoms with Crippen LogP contribution in [0.15, 0.2) is 41.3 Å². The predicted octanol–water partition coefficient (Wildman–Crippen LogP) is 2.05. The normalized spacial score (nSPS) is 19.6. The number of nitrogens with zero attached hydrogens (tertiary/aromatic N) is 2. The lowest BCUT2D eigenvalue weighted by atomic mass is 10.2. The second-order valence-electron chi connectivity index (χ2n) is 6.63. The van der Waals surface area contributed by atoms with Crippen molar-refractivity contribution in [3.63, 3.8) is 0 Å². The number of rotatable bonds is 6. The maximum absolute atomic E-state index is 12.0. The molecule has 2 amide bonds. The molecule has 1 aliphatic heterocycles. The third kappa shape index (κ3) is 5.30. The third-order valence-electron chi connectivity index (χ3n) is 4.20. The van der Waals surface area contributed by atoms with Crippen LogP contribution >= 0.6 is 0 Å². The number of ether oxygens (including phenoxy) is 1. The molecule has 27 heavy (non-hydrogen) atoms. The molecule has 0 spiro atoms. The lowest BCUT2D eigenvalue weighted by molar-refractivity contribution is -0.116. The number of furan rings is 1. The van der Waals surface area contributed by atoms with Crippen LogP contribution in [0.5, 0.6) is 0 Å². The van der Waals surface area contributed by atoms with Crippen LogP contribution in [-0.2, 0) is 9.53 Å². The summed E-state index contributed by atoms with van der Waals surface area (Å²) in [5.41, 5.74) is 1.06. The topological polar surface area (TPSA) is 96.7 Å². The number of hydrogen-bond acceptors (Lipinski definition) is 6. The second kappa shape index (κ2) is 8.68. The molecule has 0 unspecified atom stereocenters. The highest BCUT2D eigenvalue weighted by atomic mass is 16.5. The molecule has 1 fully saturated rings. The molecular formula is C19H24N4O4. The molecule has 8 nitrogen and oxygen atoms in total. The van der Waals surface area contributed by atoms with Crippen molar-refractivity contribution in [2.75, 3.05) is 29.9 Å². The number of aromatic nitrogens is 1. The Balaban J connectivity index is 1.45. The Morgan fingerprint density at radius 2 is 2.00 bits per heavy atom. The summed E-state index contributed by atoms with van der Waals surface area (Å²) in [6, 6.07) is 5.29. The van der Waals surface area contributed by atoms with E-state index < -0.39 is 0 Å². The first-order valence-electron chi connectivity index (χ1n) is 8.98. The molecule has 0 radical (unpaired) electrons. The Bertz CT molecular complexity index is 751. The molecule has 2 atom stereocenters. The summed E-state index contributed by atoms with van der Waals surface area (Å²) in [4.78, 5) is 30.4. The van der Waals surface area contributed by atoms with Gasteiger partial charge in [-0.15, -0.1) is 0 Å². The Hall–Kier alpha value is -2.87. The summed E-state index contributed by atoms with van der Waals surface area (Å²) < 4.78 is 10.6. The van der Waals surface area contributed by atoms with Crippen LogP contribution in [0.4, 0.5) is 11.5 Å². The van der Waals surface area contributed by atoms with E-state index >= 15 is 0 Å².